The van der Waals surface area contributed by atoms with Gasteiger partial charge >= 0.3 is 5.97 Å². The van der Waals surface area contributed by atoms with E-state index in [0.717, 1.165) is 21.0 Å². The second kappa shape index (κ2) is 4.75. The molecule has 0 radical (unpaired) electrons. The van der Waals surface area contributed by atoms with Crippen molar-refractivity contribution in [2.75, 3.05) is 14.2 Å². The van der Waals surface area contributed by atoms with E-state index in [4.69, 9.17) is 9.47 Å². The van der Waals surface area contributed by atoms with Gasteiger partial charge in [0.05, 0.1) is 19.8 Å². The number of ether oxygens (including phenoxy) is 2. The molecule has 0 aliphatic rings. The SMILES string of the molecule is COC(=O)c1ccc2ccc(OC)cc2c1Br. The van der Waals surface area contributed by atoms with E-state index in [0.29, 0.717) is 5.56 Å². The maximum atomic E-state index is 11.5. The second-order valence-corrected chi connectivity index (χ2v) is 4.30. The number of hydrogen-bond donors (Lipinski definition) is 0. The van der Waals surface area contributed by atoms with Crippen LogP contribution in [0.1, 0.15) is 10.4 Å². The minimum atomic E-state index is -0.360. The minimum absolute atomic E-state index is 0.360. The molecule has 2 aromatic rings. The molecule has 0 N–H and O–H groups in total. The van der Waals surface area contributed by atoms with Crippen LogP contribution in [0.3, 0.4) is 0 Å². The van der Waals surface area contributed by atoms with Crippen LogP contribution in [0, 0.1) is 0 Å². The van der Waals surface area contributed by atoms with E-state index in [2.05, 4.69) is 15.9 Å². The monoisotopic (exact) mass is 294 g/mol. The van der Waals surface area contributed by atoms with Gasteiger partial charge < -0.3 is 9.47 Å². The summed E-state index contributed by atoms with van der Waals surface area (Å²) in [5, 5.41) is 1.96. The summed E-state index contributed by atoms with van der Waals surface area (Å²) in [6.45, 7) is 0. The first-order valence-electron chi connectivity index (χ1n) is 5.02. The van der Waals surface area contributed by atoms with Gasteiger partial charge in [0.1, 0.15) is 5.75 Å². The van der Waals surface area contributed by atoms with Crippen molar-refractivity contribution in [3.8, 4) is 5.75 Å². The molecular formula is C13H11BrO3. The third-order valence-electron chi connectivity index (χ3n) is 2.57. The van der Waals surface area contributed by atoms with Crippen LogP contribution in [0.2, 0.25) is 0 Å². The number of carbonyl (C=O) groups excluding carboxylic acids is 1. The molecule has 0 heterocycles. The van der Waals surface area contributed by atoms with Crippen LogP contribution in [-0.4, -0.2) is 20.2 Å². The Morgan fingerprint density at radius 2 is 1.88 bits per heavy atom. The largest absolute Gasteiger partial charge is 0.497 e. The van der Waals surface area contributed by atoms with Crippen LogP contribution in [-0.2, 0) is 4.74 Å². The van der Waals surface area contributed by atoms with Gasteiger partial charge in [0.2, 0.25) is 0 Å². The predicted molar refractivity (Wildman–Crippen MR) is 69.5 cm³/mol. The Kier molecular flexibility index (Phi) is 3.33. The first-order valence-corrected chi connectivity index (χ1v) is 5.81. The third kappa shape index (κ3) is 2.13. The van der Waals surface area contributed by atoms with Gasteiger partial charge in [0.15, 0.2) is 0 Å². The fraction of sp³-hybridized carbons (Fsp3) is 0.154. The zero-order chi connectivity index (χ0) is 12.4. The van der Waals surface area contributed by atoms with Crippen LogP contribution >= 0.6 is 15.9 Å². The molecule has 0 fully saturated rings. The predicted octanol–water partition coefficient (Wildman–Crippen LogP) is 3.40. The van der Waals surface area contributed by atoms with Crippen molar-refractivity contribution in [2.45, 2.75) is 0 Å². The van der Waals surface area contributed by atoms with Crippen molar-refractivity contribution < 1.29 is 14.3 Å². The fourth-order valence-corrected chi connectivity index (χ4v) is 2.29. The molecule has 0 atom stereocenters. The molecule has 0 spiro atoms. The van der Waals surface area contributed by atoms with E-state index >= 15 is 0 Å². The number of benzene rings is 2. The lowest BCUT2D eigenvalue weighted by molar-refractivity contribution is 0.0600. The third-order valence-corrected chi connectivity index (χ3v) is 3.42. The summed E-state index contributed by atoms with van der Waals surface area (Å²) in [6.07, 6.45) is 0. The van der Waals surface area contributed by atoms with Crippen molar-refractivity contribution in [2.24, 2.45) is 0 Å². The zero-order valence-electron chi connectivity index (χ0n) is 9.49. The fourth-order valence-electron chi connectivity index (χ4n) is 1.66. The quantitative estimate of drug-likeness (QED) is 0.797. The van der Waals surface area contributed by atoms with Crippen LogP contribution in [0.25, 0.3) is 10.8 Å². The molecule has 0 saturated carbocycles. The van der Waals surface area contributed by atoms with Gasteiger partial charge in [-0.2, -0.15) is 0 Å². The van der Waals surface area contributed by atoms with Gasteiger partial charge in [-0.3, -0.25) is 0 Å². The van der Waals surface area contributed by atoms with Crippen molar-refractivity contribution in [1.29, 1.82) is 0 Å². The topological polar surface area (TPSA) is 35.5 Å². The number of esters is 1. The molecule has 0 bridgehead atoms. The summed E-state index contributed by atoms with van der Waals surface area (Å²) in [6, 6.07) is 9.33. The Labute approximate surface area is 107 Å². The Bertz CT molecular complexity index is 578. The van der Waals surface area contributed by atoms with E-state index in [1.807, 2.05) is 24.3 Å². The Morgan fingerprint density at radius 3 is 2.53 bits per heavy atom. The number of fused-ring (bicyclic) bond motifs is 1. The molecule has 4 heteroatoms. The standard InChI is InChI=1S/C13H11BrO3/c1-16-9-5-3-8-4-6-10(13(15)17-2)12(14)11(8)7-9/h3-7H,1-2H3. The highest BCUT2D eigenvalue weighted by molar-refractivity contribution is 9.10. The molecular weight excluding hydrogens is 284 g/mol. The van der Waals surface area contributed by atoms with Crippen LogP contribution in [0.15, 0.2) is 34.8 Å². The van der Waals surface area contributed by atoms with Crippen LogP contribution in [0.4, 0.5) is 0 Å². The minimum Gasteiger partial charge on any atom is -0.497 e. The van der Waals surface area contributed by atoms with E-state index < -0.39 is 0 Å². The van der Waals surface area contributed by atoms with Crippen molar-refractivity contribution in [1.82, 2.24) is 0 Å². The zero-order valence-corrected chi connectivity index (χ0v) is 11.1. The van der Waals surface area contributed by atoms with Crippen LogP contribution in [0.5, 0.6) is 5.75 Å². The normalized spacial score (nSPS) is 10.3. The summed E-state index contributed by atoms with van der Waals surface area (Å²) >= 11 is 3.43. The van der Waals surface area contributed by atoms with E-state index in [1.54, 1.807) is 13.2 Å². The molecule has 88 valence electrons. The van der Waals surface area contributed by atoms with Crippen molar-refractivity contribution in [3.63, 3.8) is 0 Å². The van der Waals surface area contributed by atoms with Crippen molar-refractivity contribution in [3.05, 3.63) is 40.4 Å². The number of rotatable bonds is 2. The molecule has 17 heavy (non-hydrogen) atoms. The van der Waals surface area contributed by atoms with Gasteiger partial charge in [0.25, 0.3) is 0 Å². The Balaban J connectivity index is 2.68. The first kappa shape index (κ1) is 11.9. The van der Waals surface area contributed by atoms with Gasteiger partial charge in [-0.25, -0.2) is 4.79 Å². The molecule has 2 aromatic carbocycles. The summed E-state index contributed by atoms with van der Waals surface area (Å²) in [5.74, 6) is 0.391. The lowest BCUT2D eigenvalue weighted by atomic mass is 10.1. The average Bonchev–Trinajstić information content (AvgIpc) is 2.38. The van der Waals surface area contributed by atoms with E-state index in [9.17, 15) is 4.79 Å². The van der Waals surface area contributed by atoms with Crippen LogP contribution < -0.4 is 4.74 Å². The maximum Gasteiger partial charge on any atom is 0.339 e. The molecule has 0 aromatic heterocycles. The Morgan fingerprint density at radius 1 is 1.18 bits per heavy atom. The number of halogens is 1. The molecule has 0 aliphatic heterocycles. The highest BCUT2D eigenvalue weighted by Crippen LogP contribution is 2.31. The Hall–Kier alpha value is -1.55. The molecule has 0 aliphatic carbocycles. The number of methoxy groups -OCH3 is 2. The summed E-state index contributed by atoms with van der Waals surface area (Å²) < 4.78 is 10.6. The van der Waals surface area contributed by atoms with E-state index in [-0.39, 0.29) is 5.97 Å². The molecule has 0 amide bonds. The summed E-state index contributed by atoms with van der Waals surface area (Å²) in [7, 11) is 2.98. The highest BCUT2D eigenvalue weighted by Gasteiger charge is 2.13. The second-order valence-electron chi connectivity index (χ2n) is 3.51. The lowest BCUT2D eigenvalue weighted by Gasteiger charge is -2.08. The molecule has 0 unspecified atom stereocenters. The van der Waals surface area contributed by atoms with Gasteiger partial charge in [-0.05, 0) is 39.5 Å². The number of hydrogen-bond acceptors (Lipinski definition) is 3. The summed E-state index contributed by atoms with van der Waals surface area (Å²) in [4.78, 5) is 11.5. The van der Waals surface area contributed by atoms with Crippen molar-refractivity contribution >= 4 is 32.7 Å². The highest BCUT2D eigenvalue weighted by atomic mass is 79.9. The maximum absolute atomic E-state index is 11.5. The van der Waals surface area contributed by atoms with Gasteiger partial charge in [-0.1, -0.05) is 12.1 Å². The molecule has 3 nitrogen and oxygen atoms in total. The smallest absolute Gasteiger partial charge is 0.339 e. The van der Waals surface area contributed by atoms with Gasteiger partial charge in [0, 0.05) is 9.86 Å². The lowest BCUT2D eigenvalue weighted by Crippen LogP contribution is -2.02. The average molecular weight is 295 g/mol. The summed E-state index contributed by atoms with van der Waals surface area (Å²) in [5.41, 5.74) is 0.508. The first-order chi connectivity index (χ1) is 8.17. The van der Waals surface area contributed by atoms with Gasteiger partial charge in [-0.15, -0.1) is 0 Å². The molecule has 0 saturated heterocycles. The van der Waals surface area contributed by atoms with E-state index in [1.165, 1.54) is 7.11 Å². The molecule has 2 rings (SSSR count). The number of carbonyl (C=O) groups is 1.